The molecule has 0 aliphatic carbocycles. The molecule has 2 N–H and O–H groups in total. The number of rotatable bonds is 7. The topological polar surface area (TPSA) is 58.2 Å². The van der Waals surface area contributed by atoms with E-state index in [4.69, 9.17) is 0 Å². The summed E-state index contributed by atoms with van der Waals surface area (Å²) < 4.78 is 0. The second-order valence-corrected chi connectivity index (χ2v) is 8.13. The van der Waals surface area contributed by atoms with Crippen molar-refractivity contribution < 1.29 is 9.59 Å². The van der Waals surface area contributed by atoms with Crippen molar-refractivity contribution in [3.05, 3.63) is 71.3 Å². The molecule has 2 rings (SSSR count). The smallest absolute Gasteiger partial charge is 0.251 e. The molecule has 2 aromatic carbocycles. The van der Waals surface area contributed by atoms with Crippen LogP contribution in [0.4, 0.5) is 0 Å². The van der Waals surface area contributed by atoms with Gasteiger partial charge in [-0.2, -0.15) is 0 Å². The number of amides is 2. The largest absolute Gasteiger partial charge is 0.356 e. The molecule has 27 heavy (non-hydrogen) atoms. The van der Waals surface area contributed by atoms with Crippen molar-refractivity contribution in [1.29, 1.82) is 0 Å². The molecular weight excluding hydrogens is 336 g/mol. The minimum atomic E-state index is -0.0680. The first-order chi connectivity index (χ1) is 12.7. The van der Waals surface area contributed by atoms with Crippen molar-refractivity contribution in [2.24, 2.45) is 5.41 Å². The van der Waals surface area contributed by atoms with E-state index < -0.39 is 0 Å². The maximum absolute atomic E-state index is 12.8. The first kappa shape index (κ1) is 20.7. The summed E-state index contributed by atoms with van der Waals surface area (Å²) in [6, 6.07) is 17.6. The van der Waals surface area contributed by atoms with Gasteiger partial charge in [0.2, 0.25) is 5.91 Å². The molecule has 2 aromatic rings. The standard InChI is InChI=1S/C23H30N2O2/c1-17(26)24-15-14-18-10-12-20(13-11-18)22(27)25-21(16-23(2,3)4)19-8-6-5-7-9-19/h5-13,21H,14-16H2,1-4H3,(H,24,26)(H,25,27)/t21-/m1/s1. The second kappa shape index (κ2) is 9.36. The van der Waals surface area contributed by atoms with Crippen LogP contribution in [0.15, 0.2) is 54.6 Å². The lowest BCUT2D eigenvalue weighted by molar-refractivity contribution is -0.118. The van der Waals surface area contributed by atoms with Crippen LogP contribution in [0.2, 0.25) is 0 Å². The Bertz CT molecular complexity index is 746. The van der Waals surface area contributed by atoms with E-state index in [2.05, 4.69) is 43.5 Å². The minimum absolute atomic E-state index is 0.0295. The van der Waals surface area contributed by atoms with Gasteiger partial charge in [-0.05, 0) is 41.5 Å². The average molecular weight is 367 g/mol. The van der Waals surface area contributed by atoms with Crippen LogP contribution in [0.25, 0.3) is 0 Å². The maximum Gasteiger partial charge on any atom is 0.251 e. The van der Waals surface area contributed by atoms with E-state index in [1.54, 1.807) is 0 Å². The van der Waals surface area contributed by atoms with Crippen molar-refractivity contribution in [2.75, 3.05) is 6.54 Å². The van der Waals surface area contributed by atoms with E-state index >= 15 is 0 Å². The van der Waals surface area contributed by atoms with Crippen LogP contribution in [0.3, 0.4) is 0 Å². The summed E-state index contributed by atoms with van der Waals surface area (Å²) in [7, 11) is 0. The molecule has 0 aliphatic heterocycles. The molecule has 0 radical (unpaired) electrons. The van der Waals surface area contributed by atoms with E-state index in [9.17, 15) is 9.59 Å². The summed E-state index contributed by atoms with van der Waals surface area (Å²) in [4.78, 5) is 23.7. The maximum atomic E-state index is 12.8. The molecule has 144 valence electrons. The third kappa shape index (κ3) is 7.26. The number of nitrogens with one attached hydrogen (secondary N) is 2. The van der Waals surface area contributed by atoms with Crippen molar-refractivity contribution in [3.8, 4) is 0 Å². The van der Waals surface area contributed by atoms with Crippen LogP contribution < -0.4 is 10.6 Å². The van der Waals surface area contributed by atoms with Crippen LogP contribution in [-0.2, 0) is 11.2 Å². The molecule has 0 saturated carbocycles. The van der Waals surface area contributed by atoms with Crippen molar-refractivity contribution in [3.63, 3.8) is 0 Å². The molecule has 0 heterocycles. The summed E-state index contributed by atoms with van der Waals surface area (Å²) >= 11 is 0. The molecule has 0 aromatic heterocycles. The first-order valence-corrected chi connectivity index (χ1v) is 9.44. The summed E-state index contributed by atoms with van der Waals surface area (Å²) in [6.45, 7) is 8.65. The summed E-state index contributed by atoms with van der Waals surface area (Å²) in [6.07, 6.45) is 1.61. The predicted molar refractivity (Wildman–Crippen MR) is 110 cm³/mol. The highest BCUT2D eigenvalue weighted by atomic mass is 16.2. The van der Waals surface area contributed by atoms with Gasteiger partial charge in [-0.1, -0.05) is 63.2 Å². The van der Waals surface area contributed by atoms with E-state index in [-0.39, 0.29) is 23.3 Å². The zero-order chi connectivity index (χ0) is 19.9. The Balaban J connectivity index is 2.05. The van der Waals surface area contributed by atoms with E-state index in [1.807, 2.05) is 42.5 Å². The third-order valence-electron chi connectivity index (χ3n) is 4.33. The zero-order valence-electron chi connectivity index (χ0n) is 16.7. The van der Waals surface area contributed by atoms with Gasteiger partial charge in [-0.15, -0.1) is 0 Å². The lowest BCUT2D eigenvalue weighted by Gasteiger charge is -2.27. The van der Waals surface area contributed by atoms with Crippen LogP contribution >= 0.6 is 0 Å². The third-order valence-corrected chi connectivity index (χ3v) is 4.33. The Kier molecular flexibility index (Phi) is 7.17. The van der Waals surface area contributed by atoms with Gasteiger partial charge in [0.25, 0.3) is 5.91 Å². The van der Waals surface area contributed by atoms with Gasteiger partial charge in [-0.3, -0.25) is 9.59 Å². The monoisotopic (exact) mass is 366 g/mol. The van der Waals surface area contributed by atoms with Crippen molar-refractivity contribution in [2.45, 2.75) is 46.6 Å². The van der Waals surface area contributed by atoms with E-state index in [0.717, 1.165) is 24.0 Å². The summed E-state index contributed by atoms with van der Waals surface area (Å²) in [5.41, 5.74) is 2.96. The molecule has 0 saturated heterocycles. The molecule has 4 nitrogen and oxygen atoms in total. The summed E-state index contributed by atoms with van der Waals surface area (Å²) in [5.74, 6) is -0.0988. The number of hydrogen-bond donors (Lipinski definition) is 2. The van der Waals surface area contributed by atoms with Crippen molar-refractivity contribution in [1.82, 2.24) is 10.6 Å². The van der Waals surface area contributed by atoms with Crippen molar-refractivity contribution >= 4 is 11.8 Å². The van der Waals surface area contributed by atoms with Gasteiger partial charge >= 0.3 is 0 Å². The Morgan fingerprint density at radius 3 is 2.15 bits per heavy atom. The number of benzene rings is 2. The highest BCUT2D eigenvalue weighted by Gasteiger charge is 2.22. The number of hydrogen-bond acceptors (Lipinski definition) is 2. The van der Waals surface area contributed by atoms with Crippen LogP contribution in [0.1, 0.15) is 61.6 Å². The highest BCUT2D eigenvalue weighted by Crippen LogP contribution is 2.29. The van der Waals surface area contributed by atoms with Gasteiger partial charge in [-0.25, -0.2) is 0 Å². The molecule has 0 bridgehead atoms. The lowest BCUT2D eigenvalue weighted by atomic mass is 9.85. The fraction of sp³-hybridized carbons (Fsp3) is 0.391. The first-order valence-electron chi connectivity index (χ1n) is 9.44. The zero-order valence-corrected chi connectivity index (χ0v) is 16.7. The van der Waals surface area contributed by atoms with Crippen LogP contribution in [0, 0.1) is 5.41 Å². The SMILES string of the molecule is CC(=O)NCCc1ccc(C(=O)N[C@H](CC(C)(C)C)c2ccccc2)cc1. The molecule has 2 amide bonds. The van der Waals surface area contributed by atoms with Crippen LogP contribution in [-0.4, -0.2) is 18.4 Å². The lowest BCUT2D eigenvalue weighted by Crippen LogP contribution is -2.31. The Morgan fingerprint density at radius 1 is 0.963 bits per heavy atom. The van der Waals surface area contributed by atoms with Crippen LogP contribution in [0.5, 0.6) is 0 Å². The summed E-state index contributed by atoms with van der Waals surface area (Å²) in [5, 5.41) is 5.97. The molecule has 0 spiro atoms. The van der Waals surface area contributed by atoms with Gasteiger partial charge < -0.3 is 10.6 Å². The number of carbonyl (C=O) groups is 2. The van der Waals surface area contributed by atoms with E-state index in [0.29, 0.717) is 12.1 Å². The fourth-order valence-electron chi connectivity index (χ4n) is 3.00. The highest BCUT2D eigenvalue weighted by molar-refractivity contribution is 5.94. The normalized spacial score (nSPS) is 12.3. The number of carbonyl (C=O) groups excluding carboxylic acids is 2. The Hall–Kier alpha value is -2.62. The average Bonchev–Trinajstić information content (AvgIpc) is 2.61. The molecule has 0 aliphatic rings. The van der Waals surface area contributed by atoms with Gasteiger partial charge in [0.1, 0.15) is 0 Å². The van der Waals surface area contributed by atoms with E-state index in [1.165, 1.54) is 6.92 Å². The Labute approximate surface area is 162 Å². The molecule has 4 heteroatoms. The molecule has 1 atom stereocenters. The van der Waals surface area contributed by atoms with Gasteiger partial charge in [0.15, 0.2) is 0 Å². The molecule has 0 fully saturated rings. The quantitative estimate of drug-likeness (QED) is 0.769. The Morgan fingerprint density at radius 2 is 1.59 bits per heavy atom. The minimum Gasteiger partial charge on any atom is -0.356 e. The van der Waals surface area contributed by atoms with Gasteiger partial charge in [0, 0.05) is 19.0 Å². The fourth-order valence-corrected chi connectivity index (χ4v) is 3.00. The second-order valence-electron chi connectivity index (χ2n) is 8.13. The molecule has 0 unspecified atom stereocenters. The van der Waals surface area contributed by atoms with Gasteiger partial charge in [0.05, 0.1) is 6.04 Å². The predicted octanol–water partition coefficient (Wildman–Crippen LogP) is 4.27. The molecular formula is C23H30N2O2.